The second-order valence-electron chi connectivity index (χ2n) is 6.74. The van der Waals surface area contributed by atoms with Gasteiger partial charge in [-0.2, -0.15) is 5.10 Å². The van der Waals surface area contributed by atoms with Gasteiger partial charge in [0.1, 0.15) is 5.82 Å². The topological polar surface area (TPSA) is 88.4 Å². The number of aromatic nitrogens is 3. The third kappa shape index (κ3) is 4.16. The van der Waals surface area contributed by atoms with Crippen molar-refractivity contribution in [1.29, 1.82) is 0 Å². The molecule has 7 nitrogen and oxygen atoms in total. The van der Waals surface area contributed by atoms with Gasteiger partial charge in [0, 0.05) is 36.5 Å². The van der Waals surface area contributed by atoms with Crippen LogP contribution < -0.4 is 10.6 Å². The van der Waals surface area contributed by atoms with Crippen LogP contribution in [0.15, 0.2) is 24.3 Å². The summed E-state index contributed by atoms with van der Waals surface area (Å²) in [6.07, 6.45) is 0.622. The van der Waals surface area contributed by atoms with Gasteiger partial charge in [0.15, 0.2) is 5.65 Å². The zero-order chi connectivity index (χ0) is 20.4. The molecule has 0 unspecified atom stereocenters. The van der Waals surface area contributed by atoms with Crippen LogP contribution in [0.25, 0.3) is 5.65 Å². The lowest BCUT2D eigenvalue weighted by molar-refractivity contribution is -0.116. The van der Waals surface area contributed by atoms with E-state index in [1.54, 1.807) is 4.52 Å². The molecule has 0 radical (unpaired) electrons. The van der Waals surface area contributed by atoms with Gasteiger partial charge in [-0.15, -0.1) is 0 Å². The van der Waals surface area contributed by atoms with Crippen LogP contribution in [0.3, 0.4) is 0 Å². The van der Waals surface area contributed by atoms with Gasteiger partial charge in [-0.1, -0.05) is 0 Å². The number of aryl methyl sites for hydroxylation is 3. The molecule has 0 bridgehead atoms. The van der Waals surface area contributed by atoms with E-state index in [0.717, 1.165) is 28.3 Å². The highest BCUT2D eigenvalue weighted by Crippen LogP contribution is 2.21. The molecule has 0 aliphatic heterocycles. The van der Waals surface area contributed by atoms with Gasteiger partial charge in [0.25, 0.3) is 0 Å². The van der Waals surface area contributed by atoms with Crippen molar-refractivity contribution in [2.75, 3.05) is 10.6 Å². The van der Waals surface area contributed by atoms with Crippen molar-refractivity contribution in [3.8, 4) is 0 Å². The van der Waals surface area contributed by atoms with Crippen LogP contribution >= 0.6 is 0 Å². The minimum absolute atomic E-state index is 0.0287. The second-order valence-corrected chi connectivity index (χ2v) is 6.74. The Bertz CT molecular complexity index is 1070. The number of carbonyl (C=O) groups is 2. The van der Waals surface area contributed by atoms with E-state index in [2.05, 4.69) is 20.7 Å². The molecule has 0 atom stereocenters. The Morgan fingerprint density at radius 3 is 2.61 bits per heavy atom. The lowest BCUT2D eigenvalue weighted by Gasteiger charge is -2.12. The van der Waals surface area contributed by atoms with Crippen molar-refractivity contribution in [2.45, 2.75) is 40.5 Å². The first-order valence-electron chi connectivity index (χ1n) is 8.94. The molecule has 2 N–H and O–H groups in total. The molecule has 0 saturated carbocycles. The lowest BCUT2D eigenvalue weighted by Crippen LogP contribution is -2.15. The first-order chi connectivity index (χ1) is 13.2. The zero-order valence-electron chi connectivity index (χ0n) is 16.3. The normalized spacial score (nSPS) is 10.9. The Kier molecular flexibility index (Phi) is 5.39. The lowest BCUT2D eigenvalue weighted by atomic mass is 10.1. The summed E-state index contributed by atoms with van der Waals surface area (Å²) in [5.74, 6) is -1.16. The van der Waals surface area contributed by atoms with Gasteiger partial charge in [0.05, 0.1) is 11.4 Å². The molecule has 146 valence electrons. The fourth-order valence-electron chi connectivity index (χ4n) is 3.16. The molecule has 3 aromatic rings. The van der Waals surface area contributed by atoms with E-state index in [9.17, 15) is 14.0 Å². The average Bonchev–Trinajstić information content (AvgIpc) is 2.97. The molecule has 8 heteroatoms. The molecule has 0 spiro atoms. The number of rotatable bonds is 5. The van der Waals surface area contributed by atoms with E-state index in [-0.39, 0.29) is 23.9 Å². The Morgan fingerprint density at radius 1 is 1.14 bits per heavy atom. The number of nitrogens with zero attached hydrogens (tertiary/aromatic N) is 3. The monoisotopic (exact) mass is 383 g/mol. The van der Waals surface area contributed by atoms with Crippen molar-refractivity contribution in [1.82, 2.24) is 14.6 Å². The number of carbonyl (C=O) groups excluding carboxylic acids is 2. The summed E-state index contributed by atoms with van der Waals surface area (Å²) < 4.78 is 15.8. The minimum atomic E-state index is -0.565. The Labute approximate surface area is 162 Å². The van der Waals surface area contributed by atoms with Gasteiger partial charge >= 0.3 is 0 Å². The number of halogens is 1. The van der Waals surface area contributed by atoms with Crippen molar-refractivity contribution in [3.63, 3.8) is 0 Å². The average molecular weight is 383 g/mol. The summed E-state index contributed by atoms with van der Waals surface area (Å²) in [5.41, 5.74) is 4.81. The maximum absolute atomic E-state index is 14.0. The van der Waals surface area contributed by atoms with Gasteiger partial charge in [-0.3, -0.25) is 9.59 Å². The Morgan fingerprint density at radius 2 is 1.89 bits per heavy atom. The molecular formula is C20H22FN5O2. The number of hydrogen-bond acceptors (Lipinski definition) is 4. The highest BCUT2D eigenvalue weighted by molar-refractivity contribution is 5.93. The van der Waals surface area contributed by atoms with Gasteiger partial charge in [-0.05, 0) is 51.0 Å². The van der Waals surface area contributed by atoms with Crippen LogP contribution in [0.5, 0.6) is 0 Å². The van der Waals surface area contributed by atoms with Gasteiger partial charge in [0.2, 0.25) is 11.8 Å². The molecular weight excluding hydrogens is 361 g/mol. The maximum Gasteiger partial charge on any atom is 0.224 e. The zero-order valence-corrected chi connectivity index (χ0v) is 16.3. The number of fused-ring (bicyclic) bond motifs is 1. The molecule has 3 rings (SSSR count). The van der Waals surface area contributed by atoms with Crippen molar-refractivity contribution in [3.05, 3.63) is 52.7 Å². The molecule has 28 heavy (non-hydrogen) atoms. The molecule has 2 heterocycles. The Hall–Kier alpha value is -3.29. The summed E-state index contributed by atoms with van der Waals surface area (Å²) >= 11 is 0. The Balaban J connectivity index is 1.73. The predicted molar refractivity (Wildman–Crippen MR) is 105 cm³/mol. The van der Waals surface area contributed by atoms with Crippen molar-refractivity contribution >= 4 is 28.8 Å². The molecule has 0 fully saturated rings. The van der Waals surface area contributed by atoms with Crippen LogP contribution in [0.1, 0.15) is 36.0 Å². The summed E-state index contributed by atoms with van der Waals surface area (Å²) in [6.45, 7) is 7.11. The third-order valence-electron chi connectivity index (χ3n) is 4.45. The maximum atomic E-state index is 14.0. The van der Waals surface area contributed by atoms with E-state index < -0.39 is 5.82 Å². The van der Waals surface area contributed by atoms with Crippen LogP contribution in [0.2, 0.25) is 0 Å². The summed E-state index contributed by atoms with van der Waals surface area (Å²) in [6, 6.07) is 5.94. The van der Waals surface area contributed by atoms with Crippen molar-refractivity contribution in [2.24, 2.45) is 0 Å². The molecule has 2 amide bonds. The number of nitrogens with one attached hydrogen (secondary N) is 2. The van der Waals surface area contributed by atoms with Crippen molar-refractivity contribution < 1.29 is 14.0 Å². The third-order valence-corrected chi connectivity index (χ3v) is 4.45. The van der Waals surface area contributed by atoms with Gasteiger partial charge < -0.3 is 10.6 Å². The van der Waals surface area contributed by atoms with Gasteiger partial charge in [-0.25, -0.2) is 13.9 Å². The van der Waals surface area contributed by atoms with Crippen LogP contribution in [0, 0.1) is 26.6 Å². The number of benzene rings is 1. The molecule has 1 aromatic carbocycles. The first-order valence-corrected chi connectivity index (χ1v) is 8.94. The smallest absolute Gasteiger partial charge is 0.224 e. The second kappa shape index (κ2) is 7.75. The highest BCUT2D eigenvalue weighted by Gasteiger charge is 2.14. The standard InChI is InChI=1S/C20H22FN5O2/c1-11-9-19-22-12(2)16(13(3)26(19)25-11)6-8-20(28)24-18-10-15(23-14(4)27)5-7-17(18)21/h5,7,9-10H,6,8H2,1-4H3,(H,23,27)(H,24,28). The number of hydrogen-bond donors (Lipinski definition) is 2. The van der Waals surface area contributed by atoms with E-state index in [4.69, 9.17) is 0 Å². The van der Waals surface area contributed by atoms with Crippen LogP contribution in [0.4, 0.5) is 15.8 Å². The minimum Gasteiger partial charge on any atom is -0.326 e. The first kappa shape index (κ1) is 19.5. The summed E-state index contributed by atoms with van der Waals surface area (Å²) in [5, 5.41) is 9.55. The van der Waals surface area contributed by atoms with E-state index in [1.807, 2.05) is 26.8 Å². The van der Waals surface area contributed by atoms with E-state index >= 15 is 0 Å². The molecule has 0 aliphatic rings. The summed E-state index contributed by atoms with van der Waals surface area (Å²) in [7, 11) is 0. The summed E-state index contributed by atoms with van der Waals surface area (Å²) in [4.78, 5) is 28.0. The van der Waals surface area contributed by atoms with E-state index in [1.165, 1.54) is 25.1 Å². The number of anilines is 2. The molecule has 2 aromatic heterocycles. The SMILES string of the molecule is CC(=O)Nc1ccc(F)c(NC(=O)CCc2c(C)nc3cc(C)nn3c2C)c1. The fraction of sp³-hybridized carbons (Fsp3) is 0.300. The van der Waals surface area contributed by atoms with E-state index in [0.29, 0.717) is 12.1 Å². The fourth-order valence-corrected chi connectivity index (χ4v) is 3.16. The quantitative estimate of drug-likeness (QED) is 0.707. The number of amides is 2. The largest absolute Gasteiger partial charge is 0.326 e. The predicted octanol–water partition coefficient (Wildman–Crippen LogP) is 3.32. The van der Waals surface area contributed by atoms with Crippen LogP contribution in [-0.2, 0) is 16.0 Å². The highest BCUT2D eigenvalue weighted by atomic mass is 19.1. The van der Waals surface area contributed by atoms with Crippen LogP contribution in [-0.4, -0.2) is 26.4 Å². The molecule has 0 saturated heterocycles. The molecule has 0 aliphatic carbocycles.